The van der Waals surface area contributed by atoms with Crippen molar-refractivity contribution in [2.45, 2.75) is 23.9 Å². The minimum absolute atomic E-state index is 0.00351. The number of aromatic amines is 1. The zero-order valence-electron chi connectivity index (χ0n) is 14.3. The van der Waals surface area contributed by atoms with Crippen molar-refractivity contribution in [3.63, 3.8) is 0 Å². The standard InChI is InChI=1S/C16H17N3O7S/c1-16(8-26-9-16)18-27(24,25)10-4-5-12-11(7-10)14(22)19(15(23)17-12)6-2-3-13(20)21/h2-5,7,18H,6,8-9H2,1H3,(H,17,23)(H,20,21)/b3-2+. The summed E-state index contributed by atoms with van der Waals surface area (Å²) >= 11 is 0. The molecular weight excluding hydrogens is 378 g/mol. The Morgan fingerprint density at radius 3 is 2.70 bits per heavy atom. The Balaban J connectivity index is 2.04. The molecule has 144 valence electrons. The van der Waals surface area contributed by atoms with Crippen molar-refractivity contribution in [3.8, 4) is 0 Å². The van der Waals surface area contributed by atoms with Gasteiger partial charge in [0.2, 0.25) is 10.0 Å². The Hall–Kier alpha value is -2.76. The van der Waals surface area contributed by atoms with Gasteiger partial charge in [-0.3, -0.25) is 9.36 Å². The van der Waals surface area contributed by atoms with Crippen molar-refractivity contribution in [1.29, 1.82) is 0 Å². The zero-order chi connectivity index (χ0) is 19.8. The number of H-pyrrole nitrogens is 1. The maximum Gasteiger partial charge on any atom is 0.329 e. The fraction of sp³-hybridized carbons (Fsp3) is 0.312. The summed E-state index contributed by atoms with van der Waals surface area (Å²) in [4.78, 5) is 37.5. The van der Waals surface area contributed by atoms with E-state index >= 15 is 0 Å². The Bertz CT molecular complexity index is 1160. The van der Waals surface area contributed by atoms with Crippen molar-refractivity contribution < 1.29 is 23.1 Å². The first-order valence-corrected chi connectivity index (χ1v) is 9.38. The van der Waals surface area contributed by atoms with E-state index in [0.29, 0.717) is 0 Å². The third kappa shape index (κ3) is 3.84. The number of hydrogen-bond acceptors (Lipinski definition) is 6. The van der Waals surface area contributed by atoms with E-state index in [1.165, 1.54) is 18.2 Å². The number of sulfonamides is 1. The zero-order valence-corrected chi connectivity index (χ0v) is 15.1. The van der Waals surface area contributed by atoms with E-state index in [1.807, 2.05) is 0 Å². The first-order valence-electron chi connectivity index (χ1n) is 7.89. The second-order valence-corrected chi connectivity index (χ2v) is 8.14. The van der Waals surface area contributed by atoms with Gasteiger partial charge in [0.05, 0.1) is 34.6 Å². The van der Waals surface area contributed by atoms with E-state index in [2.05, 4.69) is 9.71 Å². The maximum atomic E-state index is 12.6. The van der Waals surface area contributed by atoms with Crippen molar-refractivity contribution >= 4 is 26.9 Å². The lowest BCUT2D eigenvalue weighted by atomic mass is 10.0. The lowest BCUT2D eigenvalue weighted by Gasteiger charge is -2.38. The molecule has 11 heteroatoms. The normalized spacial score (nSPS) is 16.5. The largest absolute Gasteiger partial charge is 0.478 e. The molecule has 0 atom stereocenters. The topological polar surface area (TPSA) is 148 Å². The number of hydrogen-bond donors (Lipinski definition) is 3. The minimum Gasteiger partial charge on any atom is -0.478 e. The quantitative estimate of drug-likeness (QED) is 0.553. The van der Waals surface area contributed by atoms with Crippen LogP contribution in [0.4, 0.5) is 0 Å². The summed E-state index contributed by atoms with van der Waals surface area (Å²) in [5.41, 5.74) is -1.98. The van der Waals surface area contributed by atoms with Gasteiger partial charge in [0.1, 0.15) is 0 Å². The number of nitrogens with zero attached hydrogens (tertiary/aromatic N) is 1. The molecule has 1 aromatic heterocycles. The molecule has 0 saturated carbocycles. The summed E-state index contributed by atoms with van der Waals surface area (Å²) in [5.74, 6) is -1.21. The number of benzene rings is 1. The summed E-state index contributed by atoms with van der Waals surface area (Å²) in [6.45, 7) is 1.93. The van der Waals surface area contributed by atoms with Crippen LogP contribution in [0.1, 0.15) is 6.92 Å². The van der Waals surface area contributed by atoms with Gasteiger partial charge < -0.3 is 14.8 Å². The predicted octanol–water partition coefficient (Wildman–Crippen LogP) is -0.602. The molecule has 2 aromatic rings. The fourth-order valence-corrected chi connectivity index (χ4v) is 4.08. The third-order valence-corrected chi connectivity index (χ3v) is 5.67. The number of nitrogens with one attached hydrogen (secondary N) is 2. The molecule has 1 saturated heterocycles. The highest BCUT2D eigenvalue weighted by Gasteiger charge is 2.37. The number of rotatable bonds is 6. The average Bonchev–Trinajstić information content (AvgIpc) is 2.55. The van der Waals surface area contributed by atoms with E-state index in [0.717, 1.165) is 16.7 Å². The minimum atomic E-state index is -3.90. The van der Waals surface area contributed by atoms with Crippen LogP contribution in [0.15, 0.2) is 44.8 Å². The van der Waals surface area contributed by atoms with E-state index in [-0.39, 0.29) is 35.6 Å². The van der Waals surface area contributed by atoms with Gasteiger partial charge in [-0.15, -0.1) is 0 Å². The van der Waals surface area contributed by atoms with Crippen LogP contribution in [0.2, 0.25) is 0 Å². The lowest BCUT2D eigenvalue weighted by molar-refractivity contribution is -0.131. The summed E-state index contributed by atoms with van der Waals surface area (Å²) in [6, 6.07) is 3.80. The number of allylic oxidation sites excluding steroid dienone is 1. The molecule has 0 aliphatic carbocycles. The Kier molecular flexibility index (Phi) is 4.76. The van der Waals surface area contributed by atoms with Crippen LogP contribution in [0, 0.1) is 0 Å². The molecule has 0 unspecified atom stereocenters. The predicted molar refractivity (Wildman–Crippen MR) is 95.2 cm³/mol. The van der Waals surface area contributed by atoms with E-state index in [9.17, 15) is 22.8 Å². The fourth-order valence-electron chi connectivity index (χ4n) is 2.67. The second kappa shape index (κ2) is 6.76. The van der Waals surface area contributed by atoms with E-state index in [4.69, 9.17) is 9.84 Å². The third-order valence-electron chi connectivity index (χ3n) is 4.03. The molecule has 3 rings (SSSR count). The van der Waals surface area contributed by atoms with Crippen LogP contribution >= 0.6 is 0 Å². The summed E-state index contributed by atoms with van der Waals surface area (Å²) < 4.78 is 33.5. The molecule has 10 nitrogen and oxygen atoms in total. The van der Waals surface area contributed by atoms with Gasteiger partial charge in [-0.25, -0.2) is 22.7 Å². The highest BCUT2D eigenvalue weighted by molar-refractivity contribution is 7.89. The van der Waals surface area contributed by atoms with Gasteiger partial charge in [-0.05, 0) is 25.1 Å². The highest BCUT2D eigenvalue weighted by atomic mass is 32.2. The first kappa shape index (κ1) is 19.0. The molecule has 1 aromatic carbocycles. The van der Waals surface area contributed by atoms with Gasteiger partial charge in [0, 0.05) is 12.6 Å². The van der Waals surface area contributed by atoms with Crippen LogP contribution in [-0.4, -0.2) is 47.8 Å². The first-order chi connectivity index (χ1) is 12.6. The number of carboxylic acid groups (broad SMARTS) is 1. The highest BCUT2D eigenvalue weighted by Crippen LogP contribution is 2.21. The van der Waals surface area contributed by atoms with Gasteiger partial charge in [-0.1, -0.05) is 6.08 Å². The lowest BCUT2D eigenvalue weighted by Crippen LogP contribution is -2.59. The van der Waals surface area contributed by atoms with Gasteiger partial charge in [-0.2, -0.15) is 0 Å². The molecule has 1 fully saturated rings. The number of aliphatic carboxylic acids is 1. The molecule has 0 bridgehead atoms. The molecule has 3 N–H and O–H groups in total. The number of aromatic nitrogens is 2. The van der Waals surface area contributed by atoms with Gasteiger partial charge in [0.25, 0.3) is 5.56 Å². The number of carbonyl (C=O) groups is 1. The van der Waals surface area contributed by atoms with E-state index in [1.54, 1.807) is 6.92 Å². The van der Waals surface area contributed by atoms with Crippen LogP contribution in [0.3, 0.4) is 0 Å². The summed E-state index contributed by atoms with van der Waals surface area (Å²) in [7, 11) is -3.90. The molecule has 1 aliphatic heterocycles. The van der Waals surface area contributed by atoms with Crippen LogP contribution < -0.4 is 16.0 Å². The second-order valence-electron chi connectivity index (χ2n) is 6.45. The molecular formula is C16H17N3O7S. The smallest absolute Gasteiger partial charge is 0.329 e. The number of ether oxygens (including phenoxy) is 1. The number of carboxylic acids is 1. The van der Waals surface area contributed by atoms with Crippen molar-refractivity contribution in [1.82, 2.24) is 14.3 Å². The maximum absolute atomic E-state index is 12.6. The molecule has 0 amide bonds. The molecule has 27 heavy (non-hydrogen) atoms. The van der Waals surface area contributed by atoms with E-state index < -0.39 is 32.8 Å². The van der Waals surface area contributed by atoms with Crippen molar-refractivity contribution in [3.05, 3.63) is 51.2 Å². The summed E-state index contributed by atoms with van der Waals surface area (Å²) in [5, 5.41) is 8.60. The molecule has 0 radical (unpaired) electrons. The van der Waals surface area contributed by atoms with Crippen molar-refractivity contribution in [2.75, 3.05) is 13.2 Å². The Morgan fingerprint density at radius 2 is 2.11 bits per heavy atom. The molecule has 1 aliphatic rings. The molecule has 0 spiro atoms. The van der Waals surface area contributed by atoms with Gasteiger partial charge >= 0.3 is 11.7 Å². The SMILES string of the molecule is CC1(NS(=O)(=O)c2ccc3[nH]c(=O)n(C/C=C/C(=O)O)c(=O)c3c2)COC1. The summed E-state index contributed by atoms with van der Waals surface area (Å²) in [6.07, 6.45) is 1.95. The average molecular weight is 395 g/mol. The molecule has 2 heterocycles. The number of fused-ring (bicyclic) bond motifs is 1. The Morgan fingerprint density at radius 1 is 1.41 bits per heavy atom. The van der Waals surface area contributed by atoms with Crippen LogP contribution in [0.25, 0.3) is 10.9 Å². The van der Waals surface area contributed by atoms with Gasteiger partial charge in [0.15, 0.2) is 0 Å². The van der Waals surface area contributed by atoms with Crippen LogP contribution in [-0.2, 0) is 26.1 Å². The Labute approximate surface area is 153 Å². The monoisotopic (exact) mass is 395 g/mol. The van der Waals surface area contributed by atoms with Crippen molar-refractivity contribution in [2.24, 2.45) is 0 Å². The van der Waals surface area contributed by atoms with Crippen LogP contribution in [0.5, 0.6) is 0 Å².